The summed E-state index contributed by atoms with van der Waals surface area (Å²) in [6.45, 7) is 4.00. The van der Waals surface area contributed by atoms with E-state index in [4.69, 9.17) is 0 Å². The lowest BCUT2D eigenvalue weighted by atomic mass is 10.1. The molecule has 0 fully saturated rings. The van der Waals surface area contributed by atoms with Crippen LogP contribution in [0.1, 0.15) is 37.0 Å². The first kappa shape index (κ1) is 14.0. The van der Waals surface area contributed by atoms with Crippen LogP contribution in [0.3, 0.4) is 0 Å². The molecule has 1 amide bonds. The maximum absolute atomic E-state index is 11.8. The summed E-state index contributed by atoms with van der Waals surface area (Å²) in [7, 11) is 0. The molecule has 0 unspecified atom stereocenters. The van der Waals surface area contributed by atoms with Gasteiger partial charge in [-0.25, -0.2) is 0 Å². The summed E-state index contributed by atoms with van der Waals surface area (Å²) < 4.78 is 0. The Morgan fingerprint density at radius 1 is 1.28 bits per heavy atom. The van der Waals surface area contributed by atoms with Crippen LogP contribution in [-0.4, -0.2) is 11.0 Å². The quantitative estimate of drug-likeness (QED) is 0.839. The fourth-order valence-electron chi connectivity index (χ4n) is 1.56. The molecule has 0 aromatic heterocycles. The Labute approximate surface area is 108 Å². The maximum atomic E-state index is 11.8. The predicted molar refractivity (Wildman–Crippen MR) is 73.4 cm³/mol. The first-order valence-electron chi connectivity index (χ1n) is 6.23. The van der Waals surface area contributed by atoms with Gasteiger partial charge in [0.25, 0.3) is 5.91 Å². The molecule has 1 aliphatic rings. The van der Waals surface area contributed by atoms with Crippen LogP contribution in [0.5, 0.6) is 5.75 Å². The van der Waals surface area contributed by atoms with Gasteiger partial charge in [-0.1, -0.05) is 32.1 Å². The molecule has 2 rings (SSSR count). The minimum Gasteiger partial charge on any atom is -0.508 e. The van der Waals surface area contributed by atoms with E-state index in [0.29, 0.717) is 5.56 Å². The second-order valence-corrected chi connectivity index (χ2v) is 3.64. The number of carbonyl (C=O) groups excluding carboxylic acids is 1. The molecule has 0 bridgehead atoms. The third-order valence-corrected chi connectivity index (χ3v) is 2.36. The monoisotopic (exact) mass is 245 g/mol. The summed E-state index contributed by atoms with van der Waals surface area (Å²) >= 11 is 0. The maximum Gasteiger partial charge on any atom is 0.255 e. The van der Waals surface area contributed by atoms with Gasteiger partial charge in [-0.05, 0) is 37.1 Å². The van der Waals surface area contributed by atoms with Crippen LogP contribution in [0.4, 0.5) is 0 Å². The highest BCUT2D eigenvalue weighted by molar-refractivity contribution is 5.95. The number of aromatic hydroxyl groups is 1. The Bertz CT molecular complexity index is 461. The van der Waals surface area contributed by atoms with Gasteiger partial charge in [0, 0.05) is 11.3 Å². The van der Waals surface area contributed by atoms with Crippen molar-refractivity contribution in [1.82, 2.24) is 5.32 Å². The molecule has 1 aromatic rings. The summed E-state index contributed by atoms with van der Waals surface area (Å²) in [5, 5.41) is 12.0. The van der Waals surface area contributed by atoms with Crippen molar-refractivity contribution in [2.75, 3.05) is 0 Å². The van der Waals surface area contributed by atoms with Gasteiger partial charge in [-0.15, -0.1) is 0 Å². The number of rotatable bonds is 2. The Kier molecular flexibility index (Phi) is 5.71. The Hall–Kier alpha value is -2.03. The summed E-state index contributed by atoms with van der Waals surface area (Å²) in [5.74, 6) is -0.102. The van der Waals surface area contributed by atoms with Crippen LogP contribution in [-0.2, 0) is 0 Å². The van der Waals surface area contributed by atoms with Crippen molar-refractivity contribution < 1.29 is 9.90 Å². The molecule has 0 spiro atoms. The highest BCUT2D eigenvalue weighted by Crippen LogP contribution is 2.12. The van der Waals surface area contributed by atoms with Gasteiger partial charge in [0.1, 0.15) is 5.75 Å². The highest BCUT2D eigenvalue weighted by atomic mass is 16.3. The van der Waals surface area contributed by atoms with Crippen LogP contribution in [0.2, 0.25) is 0 Å². The molecule has 0 atom stereocenters. The molecule has 96 valence electrons. The smallest absolute Gasteiger partial charge is 0.255 e. The molecule has 1 aliphatic carbocycles. The second-order valence-electron chi connectivity index (χ2n) is 3.64. The van der Waals surface area contributed by atoms with Gasteiger partial charge in [0.2, 0.25) is 0 Å². The number of hydrogen-bond acceptors (Lipinski definition) is 2. The van der Waals surface area contributed by atoms with E-state index in [-0.39, 0.29) is 11.7 Å². The zero-order chi connectivity index (χ0) is 13.4. The molecule has 0 saturated carbocycles. The number of carbonyl (C=O) groups is 1. The Morgan fingerprint density at radius 2 is 2.06 bits per heavy atom. The number of nitrogens with one attached hydrogen (secondary N) is 1. The zero-order valence-corrected chi connectivity index (χ0v) is 10.8. The lowest BCUT2D eigenvalue weighted by molar-refractivity contribution is 0.0966. The van der Waals surface area contributed by atoms with Crippen LogP contribution in [0.15, 0.2) is 48.2 Å². The fourth-order valence-corrected chi connectivity index (χ4v) is 1.56. The first-order valence-corrected chi connectivity index (χ1v) is 6.23. The van der Waals surface area contributed by atoms with Crippen LogP contribution in [0.25, 0.3) is 0 Å². The van der Waals surface area contributed by atoms with Gasteiger partial charge < -0.3 is 10.4 Å². The molecule has 0 saturated heterocycles. The van der Waals surface area contributed by atoms with Crippen molar-refractivity contribution in [2.24, 2.45) is 0 Å². The standard InChI is InChI=1S/C13H13NO2.C2H6/c15-12-8-4-5-10(9-12)13(16)14-11-6-2-1-3-7-11;1-2/h2,4-9,15H,1,3H2,(H,14,16);1-2H3. The minimum absolute atomic E-state index is 0.0980. The number of benzene rings is 1. The second kappa shape index (κ2) is 7.33. The van der Waals surface area contributed by atoms with Gasteiger partial charge in [0.05, 0.1) is 0 Å². The van der Waals surface area contributed by atoms with Gasteiger partial charge in [-0.3, -0.25) is 4.79 Å². The SMILES string of the molecule is CC.O=C(NC1=CCCC=C1)c1cccc(O)c1. The van der Waals surface area contributed by atoms with E-state index in [1.807, 2.05) is 32.1 Å². The molecule has 0 aliphatic heterocycles. The van der Waals surface area contributed by atoms with E-state index in [9.17, 15) is 9.90 Å². The van der Waals surface area contributed by atoms with Crippen molar-refractivity contribution >= 4 is 5.91 Å². The molecular formula is C15H19NO2. The number of phenolic OH excluding ortho intramolecular Hbond substituents is 1. The average molecular weight is 245 g/mol. The molecule has 0 heterocycles. The lowest BCUT2D eigenvalue weighted by Crippen LogP contribution is -2.22. The number of phenols is 1. The van der Waals surface area contributed by atoms with Gasteiger partial charge in [0.15, 0.2) is 0 Å². The van der Waals surface area contributed by atoms with Gasteiger partial charge in [-0.2, -0.15) is 0 Å². The van der Waals surface area contributed by atoms with Crippen molar-refractivity contribution in [3.8, 4) is 5.75 Å². The molecular weight excluding hydrogens is 226 g/mol. The Balaban J connectivity index is 0.000000771. The van der Waals surface area contributed by atoms with E-state index in [2.05, 4.69) is 5.32 Å². The van der Waals surface area contributed by atoms with Crippen LogP contribution < -0.4 is 5.32 Å². The Morgan fingerprint density at radius 3 is 2.67 bits per heavy atom. The molecule has 3 heteroatoms. The van der Waals surface area contributed by atoms with Crippen molar-refractivity contribution in [1.29, 1.82) is 0 Å². The van der Waals surface area contributed by atoms with E-state index in [1.54, 1.807) is 12.1 Å². The van der Waals surface area contributed by atoms with E-state index in [1.165, 1.54) is 12.1 Å². The van der Waals surface area contributed by atoms with Crippen molar-refractivity contribution in [2.45, 2.75) is 26.7 Å². The molecule has 2 N–H and O–H groups in total. The largest absolute Gasteiger partial charge is 0.508 e. The minimum atomic E-state index is -0.200. The summed E-state index contributed by atoms with van der Waals surface area (Å²) in [6.07, 6.45) is 7.88. The molecule has 3 nitrogen and oxygen atoms in total. The number of amides is 1. The van der Waals surface area contributed by atoms with Crippen molar-refractivity contribution in [3.05, 3.63) is 53.8 Å². The van der Waals surface area contributed by atoms with Crippen molar-refractivity contribution in [3.63, 3.8) is 0 Å². The highest BCUT2D eigenvalue weighted by Gasteiger charge is 2.07. The third kappa shape index (κ3) is 4.09. The zero-order valence-electron chi connectivity index (χ0n) is 10.8. The number of hydrogen-bond donors (Lipinski definition) is 2. The number of allylic oxidation sites excluding steroid dienone is 3. The third-order valence-electron chi connectivity index (χ3n) is 2.36. The topological polar surface area (TPSA) is 49.3 Å². The molecule has 18 heavy (non-hydrogen) atoms. The summed E-state index contributed by atoms with van der Waals surface area (Å²) in [6, 6.07) is 6.30. The van der Waals surface area contributed by atoms with E-state index in [0.717, 1.165) is 18.5 Å². The van der Waals surface area contributed by atoms with E-state index < -0.39 is 0 Å². The predicted octanol–water partition coefficient (Wildman–Crippen LogP) is 3.38. The van der Waals surface area contributed by atoms with E-state index >= 15 is 0 Å². The summed E-state index contributed by atoms with van der Waals surface area (Å²) in [4.78, 5) is 11.8. The first-order chi connectivity index (χ1) is 8.75. The summed E-state index contributed by atoms with van der Waals surface area (Å²) in [5.41, 5.74) is 1.28. The van der Waals surface area contributed by atoms with Gasteiger partial charge >= 0.3 is 0 Å². The molecule has 0 radical (unpaired) electrons. The fraction of sp³-hybridized carbons (Fsp3) is 0.267. The van der Waals surface area contributed by atoms with Crippen LogP contribution in [0, 0.1) is 0 Å². The van der Waals surface area contributed by atoms with Crippen LogP contribution >= 0.6 is 0 Å². The lowest BCUT2D eigenvalue weighted by Gasteiger charge is -2.09. The average Bonchev–Trinajstić information content (AvgIpc) is 2.42. The normalized spacial score (nSPS) is 13.1. The molecule has 1 aromatic carbocycles.